The number of ether oxygens (including phenoxy) is 1. The van der Waals surface area contributed by atoms with E-state index < -0.39 is 5.97 Å². The van der Waals surface area contributed by atoms with E-state index >= 15 is 0 Å². The van der Waals surface area contributed by atoms with Gasteiger partial charge in [0.25, 0.3) is 5.91 Å². The van der Waals surface area contributed by atoms with Gasteiger partial charge >= 0.3 is 5.97 Å². The number of amides is 1. The standard InChI is InChI=1S/C20H17ClN2O4/c1-3-27-18-8-7-15(21)9-14(18)11-17-12(2)22-23(19(17)24)16-6-4-5-13(10-16)20(25)26/h4-11H,3H2,1-2H3,(H,25,26). The second-order valence-electron chi connectivity index (χ2n) is 5.83. The predicted octanol–water partition coefficient (Wildman–Crippen LogP) is 4.24. The molecule has 0 aliphatic carbocycles. The molecule has 7 heteroatoms. The van der Waals surface area contributed by atoms with E-state index in [9.17, 15) is 9.59 Å². The Bertz CT molecular complexity index is 982. The lowest BCUT2D eigenvalue weighted by molar-refractivity contribution is -0.114. The first kappa shape index (κ1) is 18.7. The number of hydrogen-bond donors (Lipinski definition) is 1. The summed E-state index contributed by atoms with van der Waals surface area (Å²) in [6, 6.07) is 11.3. The Morgan fingerprint density at radius 2 is 2.07 bits per heavy atom. The molecule has 1 heterocycles. The summed E-state index contributed by atoms with van der Waals surface area (Å²) < 4.78 is 5.59. The van der Waals surface area contributed by atoms with Gasteiger partial charge in [0.1, 0.15) is 5.75 Å². The summed E-state index contributed by atoms with van der Waals surface area (Å²) in [5.74, 6) is -0.806. The SMILES string of the molecule is CCOc1ccc(Cl)cc1C=C1C(=O)N(c2cccc(C(=O)O)c2)N=C1C. The molecule has 3 rings (SSSR count). The van der Waals surface area contributed by atoms with Crippen molar-refractivity contribution in [2.45, 2.75) is 13.8 Å². The first-order valence-electron chi connectivity index (χ1n) is 8.28. The molecular formula is C20H17ClN2O4. The number of aromatic carboxylic acids is 1. The summed E-state index contributed by atoms with van der Waals surface area (Å²) in [5, 5.41) is 15.1. The zero-order chi connectivity index (χ0) is 19.6. The molecule has 138 valence electrons. The van der Waals surface area contributed by atoms with E-state index in [-0.39, 0.29) is 11.5 Å². The number of hydrazone groups is 1. The van der Waals surface area contributed by atoms with Gasteiger partial charge in [-0.3, -0.25) is 4.79 Å². The smallest absolute Gasteiger partial charge is 0.335 e. The minimum Gasteiger partial charge on any atom is -0.493 e. The Hall–Kier alpha value is -3.12. The first-order chi connectivity index (χ1) is 12.9. The van der Waals surface area contributed by atoms with Crippen molar-refractivity contribution in [1.82, 2.24) is 0 Å². The van der Waals surface area contributed by atoms with Gasteiger partial charge in [0.05, 0.1) is 29.1 Å². The van der Waals surface area contributed by atoms with Crippen LogP contribution in [0.15, 0.2) is 53.1 Å². The van der Waals surface area contributed by atoms with Crippen LogP contribution in [0.25, 0.3) is 6.08 Å². The van der Waals surface area contributed by atoms with Crippen LogP contribution in [-0.2, 0) is 4.79 Å². The number of carboxylic acid groups (broad SMARTS) is 1. The van der Waals surface area contributed by atoms with Crippen LogP contribution in [0.2, 0.25) is 5.02 Å². The molecule has 2 aromatic rings. The second-order valence-corrected chi connectivity index (χ2v) is 6.27. The summed E-state index contributed by atoms with van der Waals surface area (Å²) in [6.45, 7) is 4.07. The van der Waals surface area contributed by atoms with E-state index in [4.69, 9.17) is 21.4 Å². The minimum atomic E-state index is -1.07. The van der Waals surface area contributed by atoms with Gasteiger partial charge in [-0.15, -0.1) is 0 Å². The summed E-state index contributed by atoms with van der Waals surface area (Å²) in [6.07, 6.45) is 1.68. The predicted molar refractivity (Wildman–Crippen MR) is 105 cm³/mol. The third-order valence-electron chi connectivity index (χ3n) is 3.97. The lowest BCUT2D eigenvalue weighted by Crippen LogP contribution is -2.21. The number of anilines is 1. The minimum absolute atomic E-state index is 0.0825. The van der Waals surface area contributed by atoms with Crippen LogP contribution < -0.4 is 9.75 Å². The zero-order valence-corrected chi connectivity index (χ0v) is 15.5. The Balaban J connectivity index is 1.99. The molecule has 0 spiro atoms. The van der Waals surface area contributed by atoms with Crippen molar-refractivity contribution >= 4 is 41.0 Å². The third kappa shape index (κ3) is 3.85. The van der Waals surface area contributed by atoms with Crippen molar-refractivity contribution in [3.8, 4) is 5.75 Å². The maximum atomic E-state index is 12.9. The molecule has 1 amide bonds. The van der Waals surface area contributed by atoms with Crippen molar-refractivity contribution in [3.05, 3.63) is 64.2 Å². The number of rotatable bonds is 5. The van der Waals surface area contributed by atoms with Crippen molar-refractivity contribution in [2.75, 3.05) is 11.6 Å². The van der Waals surface area contributed by atoms with E-state index in [0.29, 0.717) is 39.9 Å². The molecule has 0 radical (unpaired) electrons. The van der Waals surface area contributed by atoms with Crippen LogP contribution in [0.5, 0.6) is 5.75 Å². The molecule has 1 N–H and O–H groups in total. The molecule has 1 aliphatic rings. The lowest BCUT2D eigenvalue weighted by atomic mass is 10.1. The molecule has 6 nitrogen and oxygen atoms in total. The molecule has 0 unspecified atom stereocenters. The van der Waals surface area contributed by atoms with Crippen LogP contribution in [0.1, 0.15) is 29.8 Å². The third-order valence-corrected chi connectivity index (χ3v) is 4.21. The van der Waals surface area contributed by atoms with Crippen LogP contribution in [0, 0.1) is 0 Å². The Labute approximate surface area is 161 Å². The van der Waals surface area contributed by atoms with E-state index in [1.807, 2.05) is 6.92 Å². The molecule has 1 aliphatic heterocycles. The van der Waals surface area contributed by atoms with Crippen LogP contribution in [0.3, 0.4) is 0 Å². The molecule has 2 aromatic carbocycles. The van der Waals surface area contributed by atoms with Crippen molar-refractivity contribution in [2.24, 2.45) is 5.10 Å². The van der Waals surface area contributed by atoms with Crippen LogP contribution in [0.4, 0.5) is 5.69 Å². The van der Waals surface area contributed by atoms with Gasteiger partial charge in [-0.1, -0.05) is 17.7 Å². The van der Waals surface area contributed by atoms with E-state index in [1.165, 1.54) is 17.1 Å². The molecule has 0 saturated carbocycles. The highest BCUT2D eigenvalue weighted by molar-refractivity contribution is 6.33. The summed E-state index contributed by atoms with van der Waals surface area (Å²) >= 11 is 6.08. The van der Waals surface area contributed by atoms with Gasteiger partial charge in [0, 0.05) is 10.6 Å². The number of hydrogen-bond acceptors (Lipinski definition) is 4. The van der Waals surface area contributed by atoms with E-state index in [2.05, 4.69) is 5.10 Å². The fraction of sp³-hybridized carbons (Fsp3) is 0.150. The monoisotopic (exact) mass is 384 g/mol. The number of benzene rings is 2. The molecule has 0 atom stereocenters. The van der Waals surface area contributed by atoms with Gasteiger partial charge in [-0.2, -0.15) is 10.1 Å². The molecule has 27 heavy (non-hydrogen) atoms. The van der Waals surface area contributed by atoms with Crippen molar-refractivity contribution in [3.63, 3.8) is 0 Å². The van der Waals surface area contributed by atoms with Crippen molar-refractivity contribution < 1.29 is 19.4 Å². The average Bonchev–Trinajstić information content (AvgIpc) is 2.92. The van der Waals surface area contributed by atoms with Crippen LogP contribution in [-0.4, -0.2) is 29.3 Å². The van der Waals surface area contributed by atoms with Gasteiger partial charge in [0.2, 0.25) is 0 Å². The lowest BCUT2D eigenvalue weighted by Gasteiger charge is -2.12. The van der Waals surface area contributed by atoms with E-state index in [1.54, 1.807) is 43.3 Å². The summed E-state index contributed by atoms with van der Waals surface area (Å²) in [4.78, 5) is 24.1. The van der Waals surface area contributed by atoms with Gasteiger partial charge in [-0.25, -0.2) is 4.79 Å². The molecule has 0 fully saturated rings. The molecule has 0 saturated heterocycles. The maximum Gasteiger partial charge on any atom is 0.335 e. The molecule has 0 aromatic heterocycles. The quantitative estimate of drug-likeness (QED) is 0.782. The fourth-order valence-corrected chi connectivity index (χ4v) is 2.89. The zero-order valence-electron chi connectivity index (χ0n) is 14.8. The van der Waals surface area contributed by atoms with Gasteiger partial charge in [0.15, 0.2) is 0 Å². The highest BCUT2D eigenvalue weighted by atomic mass is 35.5. The number of carboxylic acids is 1. The molecular weight excluding hydrogens is 368 g/mol. The Kier molecular flexibility index (Phi) is 5.28. The average molecular weight is 385 g/mol. The van der Waals surface area contributed by atoms with E-state index in [0.717, 1.165) is 0 Å². The molecule has 0 bridgehead atoms. The second kappa shape index (κ2) is 7.63. The Morgan fingerprint density at radius 3 is 2.78 bits per heavy atom. The maximum absolute atomic E-state index is 12.9. The van der Waals surface area contributed by atoms with Gasteiger partial charge in [-0.05, 0) is 56.3 Å². The number of halogens is 1. The largest absolute Gasteiger partial charge is 0.493 e. The number of carbonyl (C=O) groups excluding carboxylic acids is 1. The Morgan fingerprint density at radius 1 is 1.30 bits per heavy atom. The highest BCUT2D eigenvalue weighted by Crippen LogP contribution is 2.29. The normalized spacial score (nSPS) is 15.2. The number of carbonyl (C=O) groups is 2. The van der Waals surface area contributed by atoms with Gasteiger partial charge < -0.3 is 9.84 Å². The summed E-state index contributed by atoms with van der Waals surface area (Å²) in [7, 11) is 0. The first-order valence-corrected chi connectivity index (χ1v) is 8.66. The van der Waals surface area contributed by atoms with Crippen LogP contribution >= 0.6 is 11.6 Å². The topological polar surface area (TPSA) is 79.2 Å². The highest BCUT2D eigenvalue weighted by Gasteiger charge is 2.29. The van der Waals surface area contributed by atoms with Crippen molar-refractivity contribution in [1.29, 1.82) is 0 Å². The summed E-state index contributed by atoms with van der Waals surface area (Å²) in [5.41, 5.74) is 2.04. The fourth-order valence-electron chi connectivity index (χ4n) is 2.70. The number of nitrogens with zero attached hydrogens (tertiary/aromatic N) is 2.